The van der Waals surface area contributed by atoms with Gasteiger partial charge in [0.15, 0.2) is 0 Å². The maximum atomic E-state index is 5.78. The summed E-state index contributed by atoms with van der Waals surface area (Å²) in [5.74, 6) is 0.678. The first kappa shape index (κ1) is 19.8. The summed E-state index contributed by atoms with van der Waals surface area (Å²) in [5, 5.41) is 0. The highest BCUT2D eigenvalue weighted by molar-refractivity contribution is 6.57. The Labute approximate surface area is 126 Å². The molecule has 0 aromatic carbocycles. The van der Waals surface area contributed by atoms with E-state index >= 15 is 0 Å². The lowest BCUT2D eigenvalue weighted by molar-refractivity contribution is 0.0608. The van der Waals surface area contributed by atoms with Crippen molar-refractivity contribution in [3.63, 3.8) is 0 Å². The predicted octanol–water partition coefficient (Wildman–Crippen LogP) is 3.50. The van der Waals surface area contributed by atoms with Crippen LogP contribution in [0.2, 0.25) is 0 Å². The topological polar surface area (TPSA) is 39.7 Å². The van der Waals surface area contributed by atoms with Crippen LogP contribution in [0.5, 0.6) is 0 Å². The molecule has 0 atom stereocenters. The van der Waals surface area contributed by atoms with E-state index < -0.39 is 8.97 Å². The summed E-state index contributed by atoms with van der Waals surface area (Å²) < 4.78 is 17.3. The Balaban J connectivity index is 4.73. The third-order valence-corrected chi connectivity index (χ3v) is 5.63. The molecule has 5 heteroatoms. The Morgan fingerprint density at radius 1 is 0.900 bits per heavy atom. The van der Waals surface area contributed by atoms with Gasteiger partial charge in [0.25, 0.3) is 0 Å². The van der Waals surface area contributed by atoms with Crippen molar-refractivity contribution >= 4 is 8.97 Å². The minimum Gasteiger partial charge on any atom is -0.361 e. The number of hydrogen-bond donors (Lipinski definition) is 1. The first-order valence-electron chi connectivity index (χ1n) is 7.72. The first-order valence-corrected chi connectivity index (χ1v) is 9.45. The molecule has 4 nitrogen and oxygen atoms in total. The van der Waals surface area contributed by atoms with Crippen molar-refractivity contribution in [2.45, 2.75) is 54.9 Å². The Kier molecular flexibility index (Phi) is 10.4. The number of nitrogens with one attached hydrogen (secondary N) is 1. The maximum Gasteiger partial charge on any atom is 0.597 e. The summed E-state index contributed by atoms with van der Waals surface area (Å²) in [5.41, 5.74) is 2.77. The maximum absolute atomic E-state index is 5.78. The van der Waals surface area contributed by atoms with Gasteiger partial charge in [-0.1, -0.05) is 25.0 Å². The summed E-state index contributed by atoms with van der Waals surface area (Å²) in [6, 6.07) is 0. The van der Waals surface area contributed by atoms with E-state index in [1.54, 1.807) is 0 Å². The molecule has 0 aliphatic rings. The van der Waals surface area contributed by atoms with Gasteiger partial charge in [0, 0.05) is 26.4 Å². The molecule has 0 saturated carbocycles. The molecule has 20 heavy (non-hydrogen) atoms. The fourth-order valence-corrected chi connectivity index (χ4v) is 4.20. The van der Waals surface area contributed by atoms with Crippen molar-refractivity contribution < 1.29 is 13.3 Å². The molecule has 0 bridgehead atoms. The zero-order chi connectivity index (χ0) is 15.6. The summed E-state index contributed by atoms with van der Waals surface area (Å²) >= 11 is 0. The SMILES string of the molecule is CCO[Si](NCC(C)=C(C)CC(C)C)(OCC)OCC. The van der Waals surface area contributed by atoms with Crippen LogP contribution in [0.4, 0.5) is 0 Å². The van der Waals surface area contributed by atoms with Gasteiger partial charge in [-0.05, 0) is 47.0 Å². The van der Waals surface area contributed by atoms with E-state index in [9.17, 15) is 0 Å². The Bertz CT molecular complexity index is 276. The van der Waals surface area contributed by atoms with E-state index in [1.807, 2.05) is 20.8 Å². The molecule has 0 saturated heterocycles. The predicted molar refractivity (Wildman–Crippen MR) is 86.5 cm³/mol. The molecule has 0 spiro atoms. The molecule has 0 aliphatic carbocycles. The minimum atomic E-state index is -2.73. The van der Waals surface area contributed by atoms with E-state index in [4.69, 9.17) is 13.3 Å². The number of rotatable bonds is 11. The van der Waals surface area contributed by atoms with Gasteiger partial charge in [-0.3, -0.25) is 4.98 Å². The lowest BCUT2D eigenvalue weighted by Gasteiger charge is -2.28. The van der Waals surface area contributed by atoms with Crippen molar-refractivity contribution in [3.8, 4) is 0 Å². The van der Waals surface area contributed by atoms with Gasteiger partial charge in [-0.15, -0.1) is 0 Å². The third kappa shape index (κ3) is 7.55. The fraction of sp³-hybridized carbons (Fsp3) is 0.867. The van der Waals surface area contributed by atoms with Gasteiger partial charge < -0.3 is 13.3 Å². The van der Waals surface area contributed by atoms with Gasteiger partial charge in [-0.25, -0.2) is 0 Å². The second kappa shape index (κ2) is 10.5. The lowest BCUT2D eigenvalue weighted by atomic mass is 10.0. The van der Waals surface area contributed by atoms with E-state index in [0.29, 0.717) is 25.7 Å². The van der Waals surface area contributed by atoms with Gasteiger partial charge in [0.1, 0.15) is 0 Å². The smallest absolute Gasteiger partial charge is 0.361 e. The van der Waals surface area contributed by atoms with E-state index in [1.165, 1.54) is 11.1 Å². The molecule has 0 amide bonds. The molecule has 0 rings (SSSR count). The van der Waals surface area contributed by atoms with E-state index in [2.05, 4.69) is 32.7 Å². The summed E-state index contributed by atoms with van der Waals surface area (Å²) in [7, 11) is -2.73. The van der Waals surface area contributed by atoms with Crippen LogP contribution in [0.25, 0.3) is 0 Å². The zero-order valence-electron chi connectivity index (χ0n) is 14.3. The van der Waals surface area contributed by atoms with E-state index in [0.717, 1.165) is 13.0 Å². The Morgan fingerprint density at radius 3 is 1.70 bits per heavy atom. The van der Waals surface area contributed by atoms with Crippen LogP contribution in [0.3, 0.4) is 0 Å². The molecule has 0 aromatic heterocycles. The van der Waals surface area contributed by atoms with Gasteiger partial charge in [-0.2, -0.15) is 0 Å². The Hall–Kier alpha value is -0.203. The highest BCUT2D eigenvalue weighted by Gasteiger charge is 2.41. The van der Waals surface area contributed by atoms with Gasteiger partial charge in [0.2, 0.25) is 0 Å². The summed E-state index contributed by atoms with van der Waals surface area (Å²) in [6.45, 7) is 17.3. The van der Waals surface area contributed by atoms with Crippen LogP contribution in [0.15, 0.2) is 11.1 Å². The van der Waals surface area contributed by atoms with Crippen LogP contribution in [-0.2, 0) is 13.3 Å². The van der Waals surface area contributed by atoms with Crippen LogP contribution >= 0.6 is 0 Å². The third-order valence-electron chi connectivity index (χ3n) is 3.02. The van der Waals surface area contributed by atoms with Crippen LogP contribution < -0.4 is 4.98 Å². The molecular weight excluding hydrogens is 270 g/mol. The second-order valence-corrected chi connectivity index (χ2v) is 7.70. The second-order valence-electron chi connectivity index (χ2n) is 5.37. The molecule has 0 aromatic rings. The van der Waals surface area contributed by atoms with Crippen LogP contribution in [0.1, 0.15) is 54.9 Å². The van der Waals surface area contributed by atoms with Gasteiger partial charge >= 0.3 is 8.97 Å². The Morgan fingerprint density at radius 2 is 1.35 bits per heavy atom. The number of allylic oxidation sites excluding steroid dienone is 1. The van der Waals surface area contributed by atoms with E-state index in [-0.39, 0.29) is 0 Å². The number of hydrogen-bond acceptors (Lipinski definition) is 4. The quantitative estimate of drug-likeness (QED) is 0.468. The average Bonchev–Trinajstić information content (AvgIpc) is 2.36. The van der Waals surface area contributed by atoms with Crippen molar-refractivity contribution in [1.82, 2.24) is 4.98 Å². The van der Waals surface area contributed by atoms with Crippen LogP contribution in [0, 0.1) is 5.92 Å². The molecular formula is C15H33NO3Si. The summed E-state index contributed by atoms with van der Waals surface area (Å²) in [4.78, 5) is 3.40. The highest BCUT2D eigenvalue weighted by atomic mass is 28.4. The molecule has 0 unspecified atom stereocenters. The van der Waals surface area contributed by atoms with Crippen molar-refractivity contribution in [2.24, 2.45) is 5.92 Å². The standard InChI is InChI=1S/C15H33NO3Si/c1-8-17-20(18-9-2,19-10-3)16-12-15(7)14(6)11-13(4)5/h13,16H,8-12H2,1-7H3. The molecule has 1 N–H and O–H groups in total. The van der Waals surface area contributed by atoms with Crippen molar-refractivity contribution in [1.29, 1.82) is 0 Å². The monoisotopic (exact) mass is 303 g/mol. The average molecular weight is 304 g/mol. The summed E-state index contributed by atoms with van der Waals surface area (Å²) in [6.07, 6.45) is 1.12. The highest BCUT2D eigenvalue weighted by Crippen LogP contribution is 2.15. The largest absolute Gasteiger partial charge is 0.597 e. The first-order chi connectivity index (χ1) is 9.40. The zero-order valence-corrected chi connectivity index (χ0v) is 15.3. The minimum absolute atomic E-state index is 0.590. The molecule has 0 heterocycles. The van der Waals surface area contributed by atoms with Crippen LogP contribution in [-0.4, -0.2) is 35.3 Å². The molecule has 0 aliphatic heterocycles. The molecule has 120 valence electrons. The lowest BCUT2D eigenvalue weighted by Crippen LogP contribution is -2.59. The normalized spacial score (nSPS) is 13.8. The van der Waals surface area contributed by atoms with Gasteiger partial charge in [0.05, 0.1) is 0 Å². The van der Waals surface area contributed by atoms with Crippen molar-refractivity contribution in [2.75, 3.05) is 26.4 Å². The molecule has 0 radical (unpaired) electrons. The molecule has 0 fully saturated rings. The van der Waals surface area contributed by atoms with Crippen molar-refractivity contribution in [3.05, 3.63) is 11.1 Å². The fourth-order valence-electron chi connectivity index (χ4n) is 2.03.